The van der Waals surface area contributed by atoms with Crippen molar-refractivity contribution in [1.82, 2.24) is 4.57 Å². The number of hydrogen-bond acceptors (Lipinski definition) is 10. The summed E-state index contributed by atoms with van der Waals surface area (Å²) in [6.07, 6.45) is 1.64. The van der Waals surface area contributed by atoms with E-state index in [2.05, 4.69) is 10.3 Å². The molecule has 0 saturated carbocycles. The third-order valence-electron chi connectivity index (χ3n) is 7.85. The molecule has 1 aromatic heterocycles. The molecule has 0 spiro atoms. The highest BCUT2D eigenvalue weighted by atomic mass is 32.2. The van der Waals surface area contributed by atoms with Crippen LogP contribution in [0.2, 0.25) is 0 Å². The van der Waals surface area contributed by atoms with Gasteiger partial charge in [-0.15, -0.1) is 0 Å². The minimum atomic E-state index is -4.37. The minimum Gasteiger partial charge on any atom is -0.494 e. The number of benzene rings is 4. The van der Waals surface area contributed by atoms with Gasteiger partial charge in [0.25, 0.3) is 17.2 Å². The van der Waals surface area contributed by atoms with Crippen LogP contribution in [0, 0.1) is 17.0 Å². The summed E-state index contributed by atoms with van der Waals surface area (Å²) in [6, 6.07) is 25.0. The van der Waals surface area contributed by atoms with Gasteiger partial charge < -0.3 is 14.2 Å². The number of ether oxygens (including phenoxy) is 1. The molecule has 1 N–H and O–H groups in total. The number of hydrogen-bond donors (Lipinski definition) is 1. The van der Waals surface area contributed by atoms with E-state index >= 15 is 0 Å². The van der Waals surface area contributed by atoms with Crippen molar-refractivity contribution in [3.05, 3.63) is 155 Å². The zero-order chi connectivity index (χ0) is 35.6. The molecule has 4 aromatic carbocycles. The van der Waals surface area contributed by atoms with Gasteiger partial charge in [0.05, 0.1) is 33.4 Å². The summed E-state index contributed by atoms with van der Waals surface area (Å²) in [5.74, 6) is 0.239. The van der Waals surface area contributed by atoms with Crippen molar-refractivity contribution >= 4 is 44.8 Å². The van der Waals surface area contributed by atoms with Crippen LogP contribution in [0.15, 0.2) is 123 Å². The Morgan fingerprint density at radius 3 is 2.34 bits per heavy atom. The Morgan fingerprint density at radius 2 is 1.68 bits per heavy atom. The third-order valence-corrected chi connectivity index (χ3v) is 10.1. The average Bonchev–Trinajstić information content (AvgIpc) is 3.39. The number of nitro groups is 1. The van der Waals surface area contributed by atoms with Crippen molar-refractivity contribution in [2.75, 3.05) is 11.9 Å². The number of aromatic nitrogens is 1. The van der Waals surface area contributed by atoms with Crippen molar-refractivity contribution in [2.45, 2.75) is 31.7 Å². The molecule has 2 heterocycles. The Morgan fingerprint density at radius 1 is 1.00 bits per heavy atom. The molecule has 0 fully saturated rings. The highest BCUT2D eigenvalue weighted by molar-refractivity contribution is 7.87. The summed E-state index contributed by atoms with van der Waals surface area (Å²) in [4.78, 5) is 43.2. The van der Waals surface area contributed by atoms with Crippen molar-refractivity contribution in [3.8, 4) is 11.5 Å². The molecule has 12 nitrogen and oxygen atoms in total. The van der Waals surface area contributed by atoms with E-state index in [-0.39, 0.29) is 21.9 Å². The highest BCUT2D eigenvalue weighted by Crippen LogP contribution is 2.32. The Kier molecular flexibility index (Phi) is 9.48. The number of amides is 1. The number of fused-ring (bicyclic) bond motifs is 1. The van der Waals surface area contributed by atoms with Crippen molar-refractivity contribution < 1.29 is 27.1 Å². The first kappa shape index (κ1) is 34.0. The van der Waals surface area contributed by atoms with Crippen LogP contribution in [0.4, 0.5) is 11.4 Å². The maximum absolute atomic E-state index is 14.1. The number of thiazole rings is 1. The van der Waals surface area contributed by atoms with Crippen LogP contribution in [-0.4, -0.2) is 30.4 Å². The number of para-hydroxylation sites is 1. The van der Waals surface area contributed by atoms with Crippen molar-refractivity contribution in [2.24, 2.45) is 4.99 Å². The molecule has 14 heteroatoms. The van der Waals surface area contributed by atoms with E-state index < -0.39 is 27.0 Å². The summed E-state index contributed by atoms with van der Waals surface area (Å²) < 4.78 is 38.4. The lowest BCUT2D eigenvalue weighted by atomic mass is 9.95. The van der Waals surface area contributed by atoms with E-state index in [1.54, 1.807) is 49.4 Å². The highest BCUT2D eigenvalue weighted by Gasteiger charge is 2.32. The van der Waals surface area contributed by atoms with Crippen LogP contribution in [0.1, 0.15) is 36.6 Å². The van der Waals surface area contributed by atoms with E-state index in [0.29, 0.717) is 55.3 Å². The zero-order valence-electron chi connectivity index (χ0n) is 27.0. The summed E-state index contributed by atoms with van der Waals surface area (Å²) in [5, 5.41) is 14.2. The molecule has 0 bridgehead atoms. The van der Waals surface area contributed by atoms with Gasteiger partial charge in [0.1, 0.15) is 16.4 Å². The fourth-order valence-corrected chi connectivity index (χ4v) is 7.45. The molecule has 1 atom stereocenters. The van der Waals surface area contributed by atoms with Crippen LogP contribution in [0.25, 0.3) is 6.08 Å². The fraction of sp³-hybridized carbons (Fsp3) is 0.139. The molecule has 0 saturated heterocycles. The molecule has 1 amide bonds. The zero-order valence-corrected chi connectivity index (χ0v) is 28.7. The summed E-state index contributed by atoms with van der Waals surface area (Å²) in [7, 11) is -4.37. The number of anilines is 1. The number of nitrogens with one attached hydrogen (secondary N) is 1. The number of nitro benzene ring substituents is 1. The van der Waals surface area contributed by atoms with E-state index in [9.17, 15) is 28.1 Å². The molecule has 0 radical (unpaired) electrons. The van der Waals surface area contributed by atoms with Gasteiger partial charge in [0, 0.05) is 17.3 Å². The van der Waals surface area contributed by atoms with E-state index in [1.165, 1.54) is 35.8 Å². The molecule has 6 rings (SSSR count). The predicted molar refractivity (Wildman–Crippen MR) is 189 cm³/mol. The molecule has 50 heavy (non-hydrogen) atoms. The molecule has 0 unspecified atom stereocenters. The molecule has 254 valence electrons. The number of rotatable bonds is 10. The Hall–Kier alpha value is -5.86. The van der Waals surface area contributed by atoms with Gasteiger partial charge in [-0.05, 0) is 80.4 Å². The smallest absolute Gasteiger partial charge is 0.339 e. The number of nitrogens with zero attached hydrogens (tertiary/aromatic N) is 3. The molecular weight excluding hydrogens is 681 g/mol. The number of carbonyl (C=O) groups is 1. The fourth-order valence-electron chi connectivity index (χ4n) is 5.45. The van der Waals surface area contributed by atoms with E-state index in [0.717, 1.165) is 17.4 Å². The van der Waals surface area contributed by atoms with Gasteiger partial charge in [-0.25, -0.2) is 4.99 Å². The van der Waals surface area contributed by atoms with E-state index in [4.69, 9.17) is 8.92 Å². The summed E-state index contributed by atoms with van der Waals surface area (Å²) >= 11 is 1.16. The molecular formula is C36H30N4O8S2. The lowest BCUT2D eigenvalue weighted by Crippen LogP contribution is -2.40. The van der Waals surface area contributed by atoms with Crippen LogP contribution < -0.4 is 29.1 Å². The average molecular weight is 711 g/mol. The first-order valence-corrected chi connectivity index (χ1v) is 17.6. The lowest BCUT2D eigenvalue weighted by molar-refractivity contribution is -0.385. The third kappa shape index (κ3) is 6.97. The van der Waals surface area contributed by atoms with Crippen molar-refractivity contribution in [1.29, 1.82) is 0 Å². The first-order valence-electron chi connectivity index (χ1n) is 15.4. The Bertz CT molecular complexity index is 2440. The minimum absolute atomic E-state index is 0.0213. The SMILES string of the molecule is CCOc1ccc([C@@H]2C(C(=O)Nc3ccccc3)=C(C)N=c3s/c(=C\c4ccc(OS(=O)(=O)c5ccc(C)c([N+](=O)[O-])c5)cc4)c(=O)n32)cc1. The van der Waals surface area contributed by atoms with Crippen molar-refractivity contribution in [3.63, 3.8) is 0 Å². The monoisotopic (exact) mass is 710 g/mol. The Labute approximate surface area is 290 Å². The topological polar surface area (TPSA) is 159 Å². The second-order valence-electron chi connectivity index (χ2n) is 11.2. The molecule has 1 aliphatic rings. The van der Waals surface area contributed by atoms with Gasteiger partial charge in [0.2, 0.25) is 0 Å². The van der Waals surface area contributed by atoms with Crippen LogP contribution >= 0.6 is 11.3 Å². The van der Waals surface area contributed by atoms with Gasteiger partial charge in [0.15, 0.2) is 4.80 Å². The predicted octanol–water partition coefficient (Wildman–Crippen LogP) is 5.26. The Balaban J connectivity index is 1.34. The second-order valence-corrected chi connectivity index (χ2v) is 13.8. The maximum atomic E-state index is 14.1. The van der Waals surface area contributed by atoms with Crippen LogP contribution in [-0.2, 0) is 14.9 Å². The standard InChI is InChI=1S/C36H30N4O8S2/c1-4-47-27-17-13-25(14-18-27)33-32(34(41)38-26-8-6-5-7-9-26)23(3)37-36-39(33)35(42)31(49-36)20-24-11-15-28(16-12-24)48-50(45,46)29-19-10-22(2)30(21-29)40(43)44/h5-21,33H,4H2,1-3H3,(H,38,41)/b31-20-/t33-/m1/s1. The largest absolute Gasteiger partial charge is 0.494 e. The van der Waals surface area contributed by atoms with E-state index in [1.807, 2.05) is 37.3 Å². The summed E-state index contributed by atoms with van der Waals surface area (Å²) in [6.45, 7) is 5.61. The molecule has 0 aliphatic carbocycles. The van der Waals surface area contributed by atoms with Crippen LogP contribution in [0.3, 0.4) is 0 Å². The van der Waals surface area contributed by atoms with Crippen LogP contribution in [0.5, 0.6) is 11.5 Å². The van der Waals surface area contributed by atoms with Gasteiger partial charge in [-0.1, -0.05) is 59.9 Å². The van der Waals surface area contributed by atoms with Gasteiger partial charge in [-0.2, -0.15) is 8.42 Å². The molecule has 1 aliphatic heterocycles. The lowest BCUT2D eigenvalue weighted by Gasteiger charge is -2.25. The number of aryl methyl sites for hydroxylation is 1. The number of carbonyl (C=O) groups excluding carboxylic acids is 1. The second kappa shape index (κ2) is 13.9. The number of allylic oxidation sites excluding steroid dienone is 1. The van der Waals surface area contributed by atoms with Gasteiger partial charge >= 0.3 is 10.1 Å². The maximum Gasteiger partial charge on any atom is 0.339 e. The van der Waals surface area contributed by atoms with Gasteiger partial charge in [-0.3, -0.25) is 24.3 Å². The summed E-state index contributed by atoms with van der Waals surface area (Å²) in [5.41, 5.74) is 2.25. The first-order chi connectivity index (χ1) is 23.9. The molecule has 5 aromatic rings. The normalized spacial score (nSPS) is 14.5. The quantitative estimate of drug-likeness (QED) is 0.117.